The molecule has 0 fully saturated rings. The van der Waals surface area contributed by atoms with E-state index in [2.05, 4.69) is 10.4 Å². The second kappa shape index (κ2) is 11.9. The fourth-order valence-corrected chi connectivity index (χ4v) is 3.02. The Bertz CT molecular complexity index is 1240. The van der Waals surface area contributed by atoms with Crippen LogP contribution in [-0.2, 0) is 22.4 Å². The first-order chi connectivity index (χ1) is 17.2. The number of carbonyl (C=O) groups is 2. The zero-order valence-electron chi connectivity index (χ0n) is 19.6. The summed E-state index contributed by atoms with van der Waals surface area (Å²) in [5.41, 5.74) is 3.62. The van der Waals surface area contributed by atoms with Gasteiger partial charge in [-0.2, -0.15) is 18.3 Å². The molecule has 3 aromatic rings. The fraction of sp³-hybridized carbons (Fsp3) is 0.192. The molecule has 7 nitrogen and oxygen atoms in total. The summed E-state index contributed by atoms with van der Waals surface area (Å²) in [5.74, 6) is -1.31. The summed E-state index contributed by atoms with van der Waals surface area (Å²) in [6.07, 6.45) is -3.28. The van der Waals surface area contributed by atoms with Crippen molar-refractivity contribution in [2.45, 2.75) is 26.6 Å². The Morgan fingerprint density at radius 2 is 1.69 bits per heavy atom. The highest BCUT2D eigenvalue weighted by atomic mass is 19.4. The molecule has 2 amide bonds. The van der Waals surface area contributed by atoms with Gasteiger partial charge in [0.1, 0.15) is 6.61 Å². The van der Waals surface area contributed by atoms with E-state index in [1.165, 1.54) is 12.3 Å². The lowest BCUT2D eigenvalue weighted by Crippen LogP contribution is -2.32. The highest BCUT2D eigenvalue weighted by Crippen LogP contribution is 2.31. The monoisotopic (exact) mass is 499 g/mol. The minimum absolute atomic E-state index is 0.170. The van der Waals surface area contributed by atoms with Gasteiger partial charge in [0, 0.05) is 5.69 Å². The quantitative estimate of drug-likeness (QED) is 0.257. The molecule has 0 aliphatic heterocycles. The lowest BCUT2D eigenvalue weighted by molar-refractivity contribution is -0.137. The predicted octanol–water partition coefficient (Wildman–Crippen LogP) is 5.08. The smallest absolute Gasteiger partial charge is 0.416 e. The van der Waals surface area contributed by atoms with E-state index in [4.69, 9.17) is 9.47 Å². The number of anilines is 1. The number of alkyl halides is 3. The first-order valence-corrected chi connectivity index (χ1v) is 10.9. The number of benzene rings is 3. The van der Waals surface area contributed by atoms with Crippen molar-refractivity contribution < 1.29 is 32.2 Å². The van der Waals surface area contributed by atoms with Crippen LogP contribution in [-0.4, -0.2) is 24.6 Å². The van der Waals surface area contributed by atoms with Gasteiger partial charge in [-0.3, -0.25) is 9.59 Å². The number of hydrogen-bond donors (Lipinski definition) is 2. The standard InChI is InChI=1S/C26H24F3N3O4/c1-3-35-23-13-19(11-12-22(23)36-16-18-9-7-17(2)8-10-18)15-30-32-25(34)24(33)31-21-6-4-5-20(14-21)26(27,28)29/h4-15H,3,16H2,1-2H3,(H,31,33)(H,32,34)/b30-15+. The van der Waals surface area contributed by atoms with Crippen LogP contribution in [0.25, 0.3) is 0 Å². The van der Waals surface area contributed by atoms with Crippen molar-refractivity contribution in [1.82, 2.24) is 5.43 Å². The van der Waals surface area contributed by atoms with Crippen LogP contribution in [0.4, 0.5) is 18.9 Å². The zero-order chi connectivity index (χ0) is 26.1. The third-order valence-corrected chi connectivity index (χ3v) is 4.82. The molecule has 0 saturated carbocycles. The number of nitrogens with zero attached hydrogens (tertiary/aromatic N) is 1. The van der Waals surface area contributed by atoms with Gasteiger partial charge in [-0.15, -0.1) is 0 Å². The Hall–Kier alpha value is -4.34. The fourth-order valence-electron chi connectivity index (χ4n) is 3.02. The lowest BCUT2D eigenvalue weighted by Gasteiger charge is -2.13. The van der Waals surface area contributed by atoms with Crippen molar-refractivity contribution in [1.29, 1.82) is 0 Å². The van der Waals surface area contributed by atoms with Crippen molar-refractivity contribution >= 4 is 23.7 Å². The van der Waals surface area contributed by atoms with E-state index in [0.717, 1.165) is 29.3 Å². The number of hydrogen-bond acceptors (Lipinski definition) is 5. The molecule has 3 rings (SSSR count). The summed E-state index contributed by atoms with van der Waals surface area (Å²) in [7, 11) is 0. The molecule has 2 N–H and O–H groups in total. The Morgan fingerprint density at radius 3 is 2.39 bits per heavy atom. The van der Waals surface area contributed by atoms with E-state index >= 15 is 0 Å². The lowest BCUT2D eigenvalue weighted by atomic mass is 10.2. The third kappa shape index (κ3) is 7.59. The first-order valence-electron chi connectivity index (χ1n) is 10.9. The highest BCUT2D eigenvalue weighted by molar-refractivity contribution is 6.39. The molecule has 0 aliphatic rings. The first kappa shape index (κ1) is 26.3. The van der Waals surface area contributed by atoms with Gasteiger partial charge in [0.15, 0.2) is 11.5 Å². The van der Waals surface area contributed by atoms with Gasteiger partial charge in [-0.05, 0) is 61.4 Å². The average Bonchev–Trinajstić information content (AvgIpc) is 2.84. The average molecular weight is 499 g/mol. The van der Waals surface area contributed by atoms with Crippen molar-refractivity contribution in [3.8, 4) is 11.5 Å². The minimum atomic E-state index is -4.57. The normalized spacial score (nSPS) is 11.2. The molecule has 0 aliphatic carbocycles. The van der Waals surface area contributed by atoms with Crippen molar-refractivity contribution in [2.75, 3.05) is 11.9 Å². The maximum atomic E-state index is 12.8. The SMILES string of the molecule is CCOc1cc(/C=N/NC(=O)C(=O)Nc2cccc(C(F)(F)F)c2)ccc1OCc1ccc(C)cc1. The van der Waals surface area contributed by atoms with Crippen LogP contribution in [0.5, 0.6) is 11.5 Å². The summed E-state index contributed by atoms with van der Waals surface area (Å²) in [5, 5.41) is 5.84. The molecule has 10 heteroatoms. The van der Waals surface area contributed by atoms with Crippen LogP contribution in [0.3, 0.4) is 0 Å². The van der Waals surface area contributed by atoms with Crippen LogP contribution < -0.4 is 20.2 Å². The largest absolute Gasteiger partial charge is 0.490 e. The van der Waals surface area contributed by atoms with Gasteiger partial charge in [0.05, 0.1) is 18.4 Å². The molecule has 3 aromatic carbocycles. The van der Waals surface area contributed by atoms with Crippen LogP contribution in [0.2, 0.25) is 0 Å². The van der Waals surface area contributed by atoms with Crippen molar-refractivity contribution in [3.05, 3.63) is 89.0 Å². The van der Waals surface area contributed by atoms with E-state index in [9.17, 15) is 22.8 Å². The Kier molecular flexibility index (Phi) is 8.66. The number of carbonyl (C=O) groups excluding carboxylic acids is 2. The van der Waals surface area contributed by atoms with Gasteiger partial charge < -0.3 is 14.8 Å². The van der Waals surface area contributed by atoms with E-state index < -0.39 is 23.6 Å². The van der Waals surface area contributed by atoms with Crippen LogP contribution in [0, 0.1) is 6.92 Å². The molecular formula is C26H24F3N3O4. The van der Waals surface area contributed by atoms with Crippen LogP contribution in [0.15, 0.2) is 71.8 Å². The number of halogens is 3. The van der Waals surface area contributed by atoms with E-state index in [1.807, 2.05) is 43.5 Å². The van der Waals surface area contributed by atoms with Crippen molar-refractivity contribution in [2.24, 2.45) is 5.10 Å². The molecule has 0 bridgehead atoms. The zero-order valence-corrected chi connectivity index (χ0v) is 19.6. The Balaban J connectivity index is 1.59. The van der Waals surface area contributed by atoms with Crippen LogP contribution >= 0.6 is 0 Å². The number of amides is 2. The maximum Gasteiger partial charge on any atom is 0.416 e. The number of nitrogens with one attached hydrogen (secondary N) is 2. The highest BCUT2D eigenvalue weighted by Gasteiger charge is 2.30. The number of hydrazone groups is 1. The molecular weight excluding hydrogens is 475 g/mol. The molecule has 0 unspecified atom stereocenters. The number of rotatable bonds is 8. The Morgan fingerprint density at radius 1 is 0.944 bits per heavy atom. The van der Waals surface area contributed by atoms with Gasteiger partial charge >= 0.3 is 18.0 Å². The van der Waals surface area contributed by atoms with Gasteiger partial charge in [0.2, 0.25) is 0 Å². The van der Waals surface area contributed by atoms with E-state index in [-0.39, 0.29) is 5.69 Å². The van der Waals surface area contributed by atoms with E-state index in [1.54, 1.807) is 18.2 Å². The molecule has 36 heavy (non-hydrogen) atoms. The predicted molar refractivity (Wildman–Crippen MR) is 129 cm³/mol. The van der Waals surface area contributed by atoms with Gasteiger partial charge in [-0.25, -0.2) is 5.43 Å². The Labute approximate surface area is 205 Å². The molecule has 0 aromatic heterocycles. The number of aryl methyl sites for hydroxylation is 1. The third-order valence-electron chi connectivity index (χ3n) is 4.82. The summed E-state index contributed by atoms with van der Waals surface area (Å²) >= 11 is 0. The van der Waals surface area contributed by atoms with Crippen LogP contribution in [0.1, 0.15) is 29.2 Å². The second-order valence-corrected chi connectivity index (χ2v) is 7.65. The van der Waals surface area contributed by atoms with Gasteiger partial charge in [0.25, 0.3) is 0 Å². The molecule has 0 spiro atoms. The maximum absolute atomic E-state index is 12.8. The summed E-state index contributed by atoms with van der Waals surface area (Å²) < 4.78 is 49.9. The van der Waals surface area contributed by atoms with Crippen molar-refractivity contribution in [3.63, 3.8) is 0 Å². The second-order valence-electron chi connectivity index (χ2n) is 7.65. The topological polar surface area (TPSA) is 89.0 Å². The summed E-state index contributed by atoms with van der Waals surface area (Å²) in [6, 6.07) is 16.9. The number of ether oxygens (including phenoxy) is 2. The molecule has 188 valence electrons. The molecule has 0 heterocycles. The molecule has 0 saturated heterocycles. The molecule has 0 radical (unpaired) electrons. The minimum Gasteiger partial charge on any atom is -0.490 e. The molecule has 0 atom stereocenters. The van der Waals surface area contributed by atoms with E-state index in [0.29, 0.717) is 30.3 Å². The summed E-state index contributed by atoms with van der Waals surface area (Å²) in [6.45, 7) is 4.58. The summed E-state index contributed by atoms with van der Waals surface area (Å²) in [4.78, 5) is 24.0. The van der Waals surface area contributed by atoms with Gasteiger partial charge in [-0.1, -0.05) is 35.9 Å².